The minimum Gasteiger partial charge on any atom is -0.355 e. The number of hydrogen-bond donors (Lipinski definition) is 0. The maximum atomic E-state index is 11.7. The third kappa shape index (κ3) is 2.66. The Morgan fingerprint density at radius 1 is 1.33 bits per heavy atom. The Balaban J connectivity index is 2.04. The Labute approximate surface area is 127 Å². The standard InChI is InChI=1S/C13H18N2O4S2/c1-21(18,19)12-8-11(15(16)17)13(20-12)14-7-3-5-9-4-2-6-10(9)14/h8-10H,2-7H2,1H3/t9-,10+/m0/s1. The van der Waals surface area contributed by atoms with Crippen LogP contribution in [0.15, 0.2) is 10.3 Å². The maximum Gasteiger partial charge on any atom is 0.305 e. The van der Waals surface area contributed by atoms with Crippen LogP contribution in [-0.4, -0.2) is 32.2 Å². The average Bonchev–Trinajstić information content (AvgIpc) is 3.04. The number of nitrogens with zero attached hydrogens (tertiary/aromatic N) is 2. The SMILES string of the molecule is CS(=O)(=O)c1cc([N+](=O)[O-])c(N2CCC[C@@H]3CCC[C@H]32)s1. The van der Waals surface area contributed by atoms with Gasteiger partial charge >= 0.3 is 5.69 Å². The third-order valence-corrected chi connectivity index (χ3v) is 7.45. The summed E-state index contributed by atoms with van der Waals surface area (Å²) in [7, 11) is -3.41. The summed E-state index contributed by atoms with van der Waals surface area (Å²) >= 11 is 1.05. The molecule has 2 aliphatic rings. The number of rotatable bonds is 3. The van der Waals surface area contributed by atoms with Crippen molar-refractivity contribution in [2.45, 2.75) is 42.4 Å². The van der Waals surface area contributed by atoms with Crippen LogP contribution in [0.5, 0.6) is 0 Å². The summed E-state index contributed by atoms with van der Waals surface area (Å²) in [6.45, 7) is 0.783. The lowest BCUT2D eigenvalue weighted by Crippen LogP contribution is -2.42. The lowest BCUT2D eigenvalue weighted by molar-refractivity contribution is -0.383. The molecule has 2 atom stereocenters. The summed E-state index contributed by atoms with van der Waals surface area (Å²) in [6, 6.07) is 1.55. The van der Waals surface area contributed by atoms with Crippen molar-refractivity contribution in [1.29, 1.82) is 0 Å². The minimum absolute atomic E-state index is 0.0621. The van der Waals surface area contributed by atoms with Crippen LogP contribution in [0.3, 0.4) is 0 Å². The zero-order valence-electron chi connectivity index (χ0n) is 11.8. The van der Waals surface area contributed by atoms with E-state index in [9.17, 15) is 18.5 Å². The molecule has 0 N–H and O–H groups in total. The molecule has 0 bridgehead atoms. The molecule has 1 aromatic rings. The Morgan fingerprint density at radius 2 is 2.05 bits per heavy atom. The van der Waals surface area contributed by atoms with Gasteiger partial charge in [-0.2, -0.15) is 0 Å². The number of nitro groups is 1. The molecule has 21 heavy (non-hydrogen) atoms. The van der Waals surface area contributed by atoms with Crippen molar-refractivity contribution in [3.05, 3.63) is 16.2 Å². The minimum atomic E-state index is -3.41. The smallest absolute Gasteiger partial charge is 0.305 e. The first kappa shape index (κ1) is 14.8. The Morgan fingerprint density at radius 3 is 2.71 bits per heavy atom. The average molecular weight is 330 g/mol. The van der Waals surface area contributed by atoms with Gasteiger partial charge in [-0.1, -0.05) is 17.8 Å². The molecule has 1 saturated carbocycles. The number of piperidine rings is 1. The number of fused-ring (bicyclic) bond motifs is 1. The number of hydrogen-bond acceptors (Lipinski definition) is 6. The summed E-state index contributed by atoms with van der Waals surface area (Å²) in [4.78, 5) is 12.9. The second kappa shape index (κ2) is 5.24. The van der Waals surface area contributed by atoms with Crippen LogP contribution in [0.2, 0.25) is 0 Å². The van der Waals surface area contributed by atoms with Crippen LogP contribution in [-0.2, 0) is 9.84 Å². The molecule has 0 spiro atoms. The molecule has 0 radical (unpaired) electrons. The van der Waals surface area contributed by atoms with Crippen LogP contribution in [0.4, 0.5) is 10.7 Å². The van der Waals surface area contributed by atoms with Crippen LogP contribution in [0.25, 0.3) is 0 Å². The van der Waals surface area contributed by atoms with Gasteiger partial charge in [0, 0.05) is 24.9 Å². The van der Waals surface area contributed by atoms with Crippen molar-refractivity contribution in [3.8, 4) is 0 Å². The molecule has 3 rings (SSSR count). The highest BCUT2D eigenvalue weighted by atomic mass is 32.2. The van der Waals surface area contributed by atoms with Crippen LogP contribution < -0.4 is 4.90 Å². The van der Waals surface area contributed by atoms with Crippen molar-refractivity contribution < 1.29 is 13.3 Å². The van der Waals surface area contributed by atoms with Crippen molar-refractivity contribution in [2.24, 2.45) is 5.92 Å². The molecule has 116 valence electrons. The predicted octanol–water partition coefficient (Wildman–Crippen LogP) is 2.83. The fourth-order valence-electron chi connectivity index (χ4n) is 3.58. The summed E-state index contributed by atoms with van der Waals surface area (Å²) in [5.41, 5.74) is -0.0621. The summed E-state index contributed by atoms with van der Waals surface area (Å²) in [5.74, 6) is 0.599. The van der Waals surface area contributed by atoms with Gasteiger partial charge in [-0.05, 0) is 31.6 Å². The van der Waals surface area contributed by atoms with Crippen molar-refractivity contribution in [2.75, 3.05) is 17.7 Å². The van der Waals surface area contributed by atoms with Gasteiger partial charge in [0.05, 0.1) is 4.92 Å². The largest absolute Gasteiger partial charge is 0.355 e. The van der Waals surface area contributed by atoms with E-state index < -0.39 is 14.8 Å². The van der Waals surface area contributed by atoms with Crippen molar-refractivity contribution in [3.63, 3.8) is 0 Å². The third-order valence-electron chi connectivity index (χ3n) is 4.49. The molecule has 0 aromatic carbocycles. The first-order valence-electron chi connectivity index (χ1n) is 7.13. The summed E-state index contributed by atoms with van der Waals surface area (Å²) in [6.07, 6.45) is 6.68. The van der Waals surface area contributed by atoms with E-state index in [0.29, 0.717) is 17.0 Å². The first-order chi connectivity index (χ1) is 9.88. The van der Waals surface area contributed by atoms with Crippen LogP contribution in [0, 0.1) is 16.0 Å². The van der Waals surface area contributed by atoms with E-state index in [0.717, 1.165) is 43.4 Å². The van der Waals surface area contributed by atoms with Crippen molar-refractivity contribution in [1.82, 2.24) is 0 Å². The molecule has 1 saturated heterocycles. The van der Waals surface area contributed by atoms with Gasteiger partial charge in [-0.25, -0.2) is 8.42 Å². The molecule has 8 heteroatoms. The Kier molecular flexibility index (Phi) is 3.69. The van der Waals surface area contributed by atoms with E-state index in [1.54, 1.807) is 0 Å². The highest BCUT2D eigenvalue weighted by Gasteiger charge is 2.39. The van der Waals surface area contributed by atoms with Crippen LogP contribution in [0.1, 0.15) is 32.1 Å². The molecule has 0 unspecified atom stereocenters. The second-order valence-corrected chi connectivity index (χ2v) is 9.15. The monoisotopic (exact) mass is 330 g/mol. The molecular weight excluding hydrogens is 312 g/mol. The van der Waals surface area contributed by atoms with Gasteiger partial charge in [0.1, 0.15) is 4.21 Å². The van der Waals surface area contributed by atoms with Gasteiger partial charge in [0.15, 0.2) is 14.8 Å². The zero-order chi connectivity index (χ0) is 15.2. The van der Waals surface area contributed by atoms with E-state index in [2.05, 4.69) is 4.90 Å². The highest BCUT2D eigenvalue weighted by molar-refractivity contribution is 7.92. The van der Waals surface area contributed by atoms with Gasteiger partial charge in [0.2, 0.25) is 0 Å². The fraction of sp³-hybridized carbons (Fsp3) is 0.692. The van der Waals surface area contributed by atoms with Crippen molar-refractivity contribution >= 4 is 31.9 Å². The van der Waals surface area contributed by atoms with E-state index >= 15 is 0 Å². The molecule has 1 aliphatic heterocycles. The number of sulfone groups is 1. The van der Waals surface area contributed by atoms with E-state index in [1.807, 2.05) is 0 Å². The van der Waals surface area contributed by atoms with Crippen LogP contribution >= 0.6 is 11.3 Å². The molecular formula is C13H18N2O4S2. The quantitative estimate of drug-likeness (QED) is 0.629. The highest BCUT2D eigenvalue weighted by Crippen LogP contribution is 2.46. The van der Waals surface area contributed by atoms with E-state index in [4.69, 9.17) is 0 Å². The Hall–Kier alpha value is -1.15. The number of anilines is 1. The topological polar surface area (TPSA) is 80.5 Å². The molecule has 0 amide bonds. The lowest BCUT2D eigenvalue weighted by Gasteiger charge is -2.38. The lowest BCUT2D eigenvalue weighted by atomic mass is 9.92. The molecule has 2 heterocycles. The normalized spacial score (nSPS) is 25.9. The van der Waals surface area contributed by atoms with E-state index in [-0.39, 0.29) is 9.90 Å². The van der Waals surface area contributed by atoms with Gasteiger partial charge in [-0.15, -0.1) is 0 Å². The first-order valence-corrected chi connectivity index (χ1v) is 9.83. The fourth-order valence-corrected chi connectivity index (χ4v) is 5.69. The predicted molar refractivity (Wildman–Crippen MR) is 81.8 cm³/mol. The molecule has 1 aliphatic carbocycles. The molecule has 1 aromatic heterocycles. The van der Waals surface area contributed by atoms with Gasteiger partial charge in [0.25, 0.3) is 0 Å². The van der Waals surface area contributed by atoms with Gasteiger partial charge < -0.3 is 4.90 Å². The summed E-state index contributed by atoms with van der Waals surface area (Å²) < 4.78 is 23.5. The second-order valence-electron chi connectivity index (χ2n) is 5.88. The molecule has 6 nitrogen and oxygen atoms in total. The van der Waals surface area contributed by atoms with E-state index in [1.165, 1.54) is 18.9 Å². The Bertz CT molecular complexity index is 668. The maximum absolute atomic E-state index is 11.7. The molecule has 2 fully saturated rings. The zero-order valence-corrected chi connectivity index (χ0v) is 13.5. The number of thiophene rings is 1. The van der Waals surface area contributed by atoms with Gasteiger partial charge in [-0.3, -0.25) is 10.1 Å². The summed E-state index contributed by atoms with van der Waals surface area (Å²) in [5, 5.41) is 11.8.